The van der Waals surface area contributed by atoms with Crippen LogP contribution in [0.2, 0.25) is 0 Å². The lowest BCUT2D eigenvalue weighted by Gasteiger charge is -2.23. The highest BCUT2D eigenvalue weighted by atomic mass is 32.2. The van der Waals surface area contributed by atoms with Crippen LogP contribution >= 0.6 is 0 Å². The van der Waals surface area contributed by atoms with Gasteiger partial charge in [0, 0.05) is 26.2 Å². The highest BCUT2D eigenvalue weighted by Crippen LogP contribution is 2.28. The Morgan fingerprint density at radius 2 is 1.82 bits per heavy atom. The van der Waals surface area contributed by atoms with Crippen molar-refractivity contribution in [3.63, 3.8) is 0 Å². The lowest BCUT2D eigenvalue weighted by Crippen LogP contribution is -2.38. The summed E-state index contributed by atoms with van der Waals surface area (Å²) < 4.78 is 31.2. The SMILES string of the molecule is CCS(=O)(=O)NCCN(CCO)c1nc(NCCO)nc(Nc2cc(C(=O)O)ccc2OC)n1. The van der Waals surface area contributed by atoms with Crippen LogP contribution in [0, 0.1) is 0 Å². The third-order valence-electron chi connectivity index (χ3n) is 4.45. The minimum absolute atomic E-state index is 0.0151. The molecule has 188 valence electrons. The summed E-state index contributed by atoms with van der Waals surface area (Å²) in [5.41, 5.74) is 0.304. The van der Waals surface area contributed by atoms with Crippen LogP contribution in [0.25, 0.3) is 0 Å². The first-order valence-electron chi connectivity index (χ1n) is 10.3. The Labute approximate surface area is 197 Å². The van der Waals surface area contributed by atoms with E-state index in [4.69, 9.17) is 9.84 Å². The maximum atomic E-state index is 11.7. The fourth-order valence-corrected chi connectivity index (χ4v) is 3.35. The molecule has 15 heteroatoms. The molecule has 0 aliphatic carbocycles. The van der Waals surface area contributed by atoms with Crippen molar-refractivity contribution in [2.24, 2.45) is 0 Å². The number of nitrogens with one attached hydrogen (secondary N) is 3. The Kier molecular flexibility index (Phi) is 10.2. The largest absolute Gasteiger partial charge is 0.495 e. The normalized spacial score (nSPS) is 11.2. The van der Waals surface area contributed by atoms with Gasteiger partial charge in [-0.25, -0.2) is 17.9 Å². The molecule has 2 rings (SSSR count). The second-order valence-electron chi connectivity index (χ2n) is 6.79. The molecule has 0 aliphatic heterocycles. The highest BCUT2D eigenvalue weighted by molar-refractivity contribution is 7.89. The summed E-state index contributed by atoms with van der Waals surface area (Å²) >= 11 is 0. The average molecular weight is 500 g/mol. The van der Waals surface area contributed by atoms with Crippen molar-refractivity contribution in [2.75, 3.05) is 67.8 Å². The third kappa shape index (κ3) is 7.95. The number of carbonyl (C=O) groups is 1. The number of sulfonamides is 1. The first kappa shape index (κ1) is 27.0. The van der Waals surface area contributed by atoms with Crippen molar-refractivity contribution in [1.82, 2.24) is 19.7 Å². The van der Waals surface area contributed by atoms with Gasteiger partial charge in [0.25, 0.3) is 0 Å². The van der Waals surface area contributed by atoms with E-state index >= 15 is 0 Å². The monoisotopic (exact) mass is 499 g/mol. The smallest absolute Gasteiger partial charge is 0.335 e. The zero-order valence-corrected chi connectivity index (χ0v) is 19.7. The molecule has 2 aromatic rings. The van der Waals surface area contributed by atoms with Gasteiger partial charge in [-0.2, -0.15) is 15.0 Å². The molecule has 34 heavy (non-hydrogen) atoms. The number of aromatic carboxylic acids is 1. The quantitative estimate of drug-likeness (QED) is 0.183. The van der Waals surface area contributed by atoms with Gasteiger partial charge in [0.15, 0.2) is 0 Å². The standard InChI is InChI=1S/C19H29N7O7S/c1-3-34(31,32)21-6-8-26(9-11-28)19-24-17(20-7-10-27)23-18(25-19)22-14-12-13(16(29)30)4-5-15(14)33-2/h4-5,12,21,27-28H,3,6-11H2,1-2H3,(H,29,30)(H2,20,22,23,24,25). The molecule has 0 atom stereocenters. The van der Waals surface area contributed by atoms with E-state index in [9.17, 15) is 23.4 Å². The van der Waals surface area contributed by atoms with Crippen molar-refractivity contribution in [2.45, 2.75) is 6.92 Å². The molecule has 0 spiro atoms. The molecule has 0 amide bonds. The number of aliphatic hydroxyl groups excluding tert-OH is 2. The van der Waals surface area contributed by atoms with Gasteiger partial charge in [0.1, 0.15) is 5.75 Å². The molecule has 0 unspecified atom stereocenters. The molecule has 0 fully saturated rings. The zero-order valence-electron chi connectivity index (χ0n) is 18.9. The molecule has 0 aliphatic rings. The Bertz CT molecular complexity index is 1070. The average Bonchev–Trinajstić information content (AvgIpc) is 2.82. The summed E-state index contributed by atoms with van der Waals surface area (Å²) in [5, 5.41) is 33.6. The first-order chi connectivity index (χ1) is 16.2. The van der Waals surface area contributed by atoms with Gasteiger partial charge in [-0.3, -0.25) is 0 Å². The minimum atomic E-state index is -3.41. The van der Waals surface area contributed by atoms with E-state index in [1.165, 1.54) is 32.2 Å². The molecule has 0 saturated carbocycles. The third-order valence-corrected chi connectivity index (χ3v) is 5.85. The molecule has 1 aromatic carbocycles. The van der Waals surface area contributed by atoms with E-state index in [0.29, 0.717) is 5.75 Å². The second-order valence-corrected chi connectivity index (χ2v) is 8.88. The van der Waals surface area contributed by atoms with Crippen molar-refractivity contribution < 1.29 is 33.3 Å². The van der Waals surface area contributed by atoms with Crippen LogP contribution < -0.4 is 25.0 Å². The number of anilines is 4. The summed E-state index contributed by atoms with van der Waals surface area (Å²) in [6, 6.07) is 4.23. The maximum absolute atomic E-state index is 11.7. The van der Waals surface area contributed by atoms with Crippen molar-refractivity contribution in [3.05, 3.63) is 23.8 Å². The van der Waals surface area contributed by atoms with Gasteiger partial charge in [-0.1, -0.05) is 0 Å². The van der Waals surface area contributed by atoms with E-state index in [1.54, 1.807) is 4.90 Å². The Morgan fingerprint density at radius 3 is 2.44 bits per heavy atom. The number of aromatic nitrogens is 3. The van der Waals surface area contributed by atoms with Crippen LogP contribution in [0.15, 0.2) is 18.2 Å². The number of benzene rings is 1. The lowest BCUT2D eigenvalue weighted by atomic mass is 10.2. The van der Waals surface area contributed by atoms with Crippen LogP contribution in [0.1, 0.15) is 17.3 Å². The summed E-state index contributed by atoms with van der Waals surface area (Å²) in [5.74, 6) is -0.598. The number of hydrogen-bond donors (Lipinski definition) is 6. The summed E-state index contributed by atoms with van der Waals surface area (Å²) in [6.45, 7) is 1.55. The van der Waals surface area contributed by atoms with Gasteiger partial charge >= 0.3 is 5.97 Å². The number of carboxylic acids is 1. The van der Waals surface area contributed by atoms with Crippen molar-refractivity contribution in [1.29, 1.82) is 0 Å². The fourth-order valence-electron chi connectivity index (χ4n) is 2.74. The number of rotatable bonds is 15. The number of methoxy groups -OCH3 is 1. The number of nitrogens with zero attached hydrogens (tertiary/aromatic N) is 4. The second kappa shape index (κ2) is 12.8. The van der Waals surface area contributed by atoms with Gasteiger partial charge in [-0.05, 0) is 25.1 Å². The lowest BCUT2D eigenvalue weighted by molar-refractivity contribution is 0.0697. The molecule has 6 N–H and O–H groups in total. The molecular formula is C19H29N7O7S. The van der Waals surface area contributed by atoms with E-state index in [2.05, 4.69) is 30.3 Å². The van der Waals surface area contributed by atoms with E-state index in [0.717, 1.165) is 0 Å². The number of ether oxygens (including phenoxy) is 1. The van der Waals surface area contributed by atoms with Gasteiger partial charge in [-0.15, -0.1) is 0 Å². The molecule has 1 aromatic heterocycles. The minimum Gasteiger partial charge on any atom is -0.495 e. The van der Waals surface area contributed by atoms with Crippen molar-refractivity contribution in [3.8, 4) is 5.75 Å². The predicted octanol–water partition coefficient (Wildman–Crippen LogP) is -0.536. The van der Waals surface area contributed by atoms with Crippen LogP contribution in [0.5, 0.6) is 5.75 Å². The molecule has 14 nitrogen and oxygen atoms in total. The first-order valence-corrected chi connectivity index (χ1v) is 12.0. The van der Waals surface area contributed by atoms with Gasteiger partial charge < -0.3 is 35.6 Å². The topological polar surface area (TPSA) is 199 Å². The number of hydrogen-bond acceptors (Lipinski definition) is 12. The summed E-state index contributed by atoms with van der Waals surface area (Å²) in [6.07, 6.45) is 0. The van der Waals surface area contributed by atoms with Crippen LogP contribution in [0.3, 0.4) is 0 Å². The number of carboxylic acid groups (broad SMARTS) is 1. The Balaban J connectivity index is 2.39. The summed E-state index contributed by atoms with van der Waals surface area (Å²) in [4.78, 5) is 25.8. The molecule has 1 heterocycles. The molecule has 0 bridgehead atoms. The molecule has 0 radical (unpaired) electrons. The van der Waals surface area contributed by atoms with Gasteiger partial charge in [0.05, 0.1) is 37.3 Å². The van der Waals surface area contributed by atoms with Crippen LogP contribution in [-0.2, 0) is 10.0 Å². The highest BCUT2D eigenvalue weighted by Gasteiger charge is 2.17. The maximum Gasteiger partial charge on any atom is 0.335 e. The summed E-state index contributed by atoms with van der Waals surface area (Å²) in [7, 11) is -1.98. The van der Waals surface area contributed by atoms with Gasteiger partial charge in [0.2, 0.25) is 27.9 Å². The molecular weight excluding hydrogens is 470 g/mol. The van der Waals surface area contributed by atoms with Crippen LogP contribution in [-0.4, -0.2) is 96.9 Å². The fraction of sp³-hybridized carbons (Fsp3) is 0.474. The van der Waals surface area contributed by atoms with Crippen molar-refractivity contribution >= 4 is 39.5 Å². The van der Waals surface area contributed by atoms with E-state index in [-0.39, 0.29) is 74.2 Å². The molecule has 0 saturated heterocycles. The Hall–Kier alpha value is -3.27. The Morgan fingerprint density at radius 1 is 1.09 bits per heavy atom. The predicted molar refractivity (Wildman–Crippen MR) is 125 cm³/mol. The van der Waals surface area contributed by atoms with E-state index in [1.807, 2.05) is 0 Å². The van der Waals surface area contributed by atoms with Crippen LogP contribution in [0.4, 0.5) is 23.5 Å². The zero-order chi connectivity index (χ0) is 25.1. The number of aliphatic hydroxyl groups is 2. The van der Waals surface area contributed by atoms with E-state index < -0.39 is 16.0 Å².